The van der Waals surface area contributed by atoms with E-state index in [2.05, 4.69) is 49.5 Å². The Morgan fingerprint density at radius 1 is 0.857 bits per heavy atom. The number of aromatic amines is 1. The fourth-order valence-electron chi connectivity index (χ4n) is 4.39. The lowest BCUT2D eigenvalue weighted by Gasteiger charge is -2.18. The van der Waals surface area contributed by atoms with E-state index in [1.54, 1.807) is 0 Å². The molecule has 0 saturated carbocycles. The molecule has 0 aliphatic carbocycles. The molecule has 5 aromatic rings. The van der Waals surface area contributed by atoms with E-state index in [-0.39, 0.29) is 19.6 Å². The molecule has 0 saturated heterocycles. The number of tetrazole rings is 1. The highest BCUT2D eigenvalue weighted by Crippen LogP contribution is 2.32. The van der Waals surface area contributed by atoms with Crippen LogP contribution in [0.3, 0.4) is 0 Å². The van der Waals surface area contributed by atoms with E-state index >= 15 is 0 Å². The summed E-state index contributed by atoms with van der Waals surface area (Å²) in [6.07, 6.45) is 0. The summed E-state index contributed by atoms with van der Waals surface area (Å²) in [5.74, 6) is -1.58. The minimum atomic E-state index is -1.06. The number of fused-ring (bicyclic) bond motifs is 3. The topological polar surface area (TPSA) is 137 Å². The van der Waals surface area contributed by atoms with E-state index in [1.807, 2.05) is 42.5 Å². The number of aliphatic carboxylic acids is 2. The molecular formula is C25H22N6O4. The first kappa shape index (κ1) is 22.2. The normalized spacial score (nSPS) is 11.5. The van der Waals surface area contributed by atoms with Crippen LogP contribution in [0.2, 0.25) is 0 Å². The monoisotopic (exact) mass is 470 g/mol. The molecule has 2 heterocycles. The molecule has 0 spiro atoms. The van der Waals surface area contributed by atoms with Gasteiger partial charge in [0.15, 0.2) is 0 Å². The molecule has 3 N–H and O–H groups in total. The number of hydrogen-bond acceptors (Lipinski definition) is 6. The van der Waals surface area contributed by atoms with Crippen molar-refractivity contribution in [3.05, 3.63) is 77.9 Å². The van der Waals surface area contributed by atoms with Gasteiger partial charge in [-0.2, -0.15) is 5.21 Å². The number of H-pyrrole nitrogens is 1. The first-order valence-corrected chi connectivity index (χ1v) is 11.0. The summed E-state index contributed by atoms with van der Waals surface area (Å²) < 4.78 is 2.25. The van der Waals surface area contributed by atoms with Crippen LogP contribution in [0.1, 0.15) is 11.1 Å². The molecular weight excluding hydrogens is 448 g/mol. The molecule has 2 aromatic heterocycles. The molecule has 0 radical (unpaired) electrons. The van der Waals surface area contributed by atoms with Crippen LogP contribution in [-0.2, 0) is 22.7 Å². The smallest absolute Gasteiger partial charge is 0.317 e. The average molecular weight is 470 g/mol. The predicted octanol–water partition coefficient (Wildman–Crippen LogP) is 2.99. The molecule has 0 fully saturated rings. The van der Waals surface area contributed by atoms with Gasteiger partial charge in [0.1, 0.15) is 0 Å². The van der Waals surface area contributed by atoms with Gasteiger partial charge in [-0.25, -0.2) is 0 Å². The Kier molecular flexibility index (Phi) is 5.94. The van der Waals surface area contributed by atoms with Gasteiger partial charge in [-0.15, -0.1) is 10.2 Å². The van der Waals surface area contributed by atoms with Gasteiger partial charge in [-0.05, 0) is 40.6 Å². The van der Waals surface area contributed by atoms with Gasteiger partial charge in [0, 0.05) is 40.5 Å². The third-order valence-electron chi connectivity index (χ3n) is 5.86. The highest BCUT2D eigenvalue weighted by atomic mass is 16.4. The molecule has 0 atom stereocenters. The van der Waals surface area contributed by atoms with Gasteiger partial charge in [-0.1, -0.05) is 42.5 Å². The average Bonchev–Trinajstić information content (AvgIpc) is 3.47. The first-order valence-electron chi connectivity index (χ1n) is 11.0. The second kappa shape index (κ2) is 9.35. The van der Waals surface area contributed by atoms with Gasteiger partial charge in [0.25, 0.3) is 0 Å². The number of aromatic nitrogens is 5. The van der Waals surface area contributed by atoms with Crippen LogP contribution in [0.4, 0.5) is 0 Å². The zero-order chi connectivity index (χ0) is 24.4. The number of rotatable bonds is 9. The van der Waals surface area contributed by atoms with Gasteiger partial charge < -0.3 is 14.8 Å². The number of benzene rings is 3. The van der Waals surface area contributed by atoms with Crippen LogP contribution < -0.4 is 0 Å². The maximum Gasteiger partial charge on any atom is 0.317 e. The maximum absolute atomic E-state index is 11.1. The Morgan fingerprint density at radius 3 is 2.23 bits per heavy atom. The fraction of sp³-hybridized carbons (Fsp3) is 0.160. The lowest BCUT2D eigenvalue weighted by Crippen LogP contribution is -2.33. The van der Waals surface area contributed by atoms with Crippen molar-refractivity contribution >= 4 is 33.7 Å². The van der Waals surface area contributed by atoms with E-state index in [9.17, 15) is 9.59 Å². The molecule has 176 valence electrons. The van der Waals surface area contributed by atoms with Gasteiger partial charge in [0.05, 0.1) is 13.1 Å². The minimum absolute atomic E-state index is 0.243. The highest BCUT2D eigenvalue weighted by Gasteiger charge is 2.15. The van der Waals surface area contributed by atoms with Crippen molar-refractivity contribution in [1.82, 2.24) is 30.1 Å². The summed E-state index contributed by atoms with van der Waals surface area (Å²) in [6, 6.07) is 22.1. The molecule has 10 heteroatoms. The Bertz CT molecular complexity index is 1490. The summed E-state index contributed by atoms with van der Waals surface area (Å²) in [5, 5.41) is 34.6. The Morgan fingerprint density at radius 2 is 1.54 bits per heavy atom. The number of nitrogens with one attached hydrogen (secondary N) is 1. The lowest BCUT2D eigenvalue weighted by atomic mass is 10.1. The third kappa shape index (κ3) is 4.73. The van der Waals surface area contributed by atoms with Crippen molar-refractivity contribution in [2.75, 3.05) is 13.1 Å². The molecule has 35 heavy (non-hydrogen) atoms. The van der Waals surface area contributed by atoms with Gasteiger partial charge in [0.2, 0.25) is 5.82 Å². The molecule has 0 amide bonds. The molecule has 5 rings (SSSR count). The molecule has 0 aliphatic rings. The Labute approximate surface area is 199 Å². The summed E-state index contributed by atoms with van der Waals surface area (Å²) in [4.78, 5) is 23.5. The lowest BCUT2D eigenvalue weighted by molar-refractivity contribution is -0.142. The highest BCUT2D eigenvalue weighted by molar-refractivity contribution is 6.09. The summed E-state index contributed by atoms with van der Waals surface area (Å²) in [6.45, 7) is 0.218. The second-order valence-corrected chi connectivity index (χ2v) is 8.32. The second-order valence-electron chi connectivity index (χ2n) is 8.32. The number of carboxylic acids is 2. The van der Waals surface area contributed by atoms with Gasteiger partial charge in [-0.3, -0.25) is 14.5 Å². The summed E-state index contributed by atoms with van der Waals surface area (Å²) >= 11 is 0. The van der Waals surface area contributed by atoms with E-state index < -0.39 is 11.9 Å². The predicted molar refractivity (Wildman–Crippen MR) is 129 cm³/mol. The fourth-order valence-corrected chi connectivity index (χ4v) is 4.39. The summed E-state index contributed by atoms with van der Waals surface area (Å²) in [7, 11) is 0. The number of para-hydroxylation sites is 1. The molecule has 0 aliphatic heterocycles. The van der Waals surface area contributed by atoms with Crippen molar-refractivity contribution in [2.24, 2.45) is 0 Å². The quantitative estimate of drug-likeness (QED) is 0.299. The van der Waals surface area contributed by atoms with Crippen LogP contribution >= 0.6 is 0 Å². The largest absolute Gasteiger partial charge is 0.480 e. The van der Waals surface area contributed by atoms with E-state index in [1.165, 1.54) is 4.90 Å². The van der Waals surface area contributed by atoms with Crippen LogP contribution in [0, 0.1) is 0 Å². The third-order valence-corrected chi connectivity index (χ3v) is 5.86. The molecule has 10 nitrogen and oxygen atoms in total. The Hall–Kier alpha value is -4.57. The van der Waals surface area contributed by atoms with Crippen molar-refractivity contribution in [1.29, 1.82) is 0 Å². The first-order chi connectivity index (χ1) is 17.0. The van der Waals surface area contributed by atoms with Crippen molar-refractivity contribution < 1.29 is 19.8 Å². The molecule has 0 bridgehead atoms. The van der Waals surface area contributed by atoms with Crippen molar-refractivity contribution in [3.8, 4) is 11.4 Å². The van der Waals surface area contributed by atoms with Crippen LogP contribution in [0.25, 0.3) is 33.2 Å². The van der Waals surface area contributed by atoms with Gasteiger partial charge >= 0.3 is 11.9 Å². The molecule has 3 aromatic carbocycles. The zero-order valence-corrected chi connectivity index (χ0v) is 18.6. The maximum atomic E-state index is 11.1. The standard InChI is InChI=1S/C25H22N6O4/c32-23(33)14-30(15-24(34)35)12-16-5-7-17(8-6-16)13-31-21-4-2-1-3-19(21)20-11-18(9-10-22(20)31)25-26-28-29-27-25/h1-11H,12-15H2,(H,32,33)(H,34,35)(H,26,27,28,29). The number of nitrogens with zero attached hydrogens (tertiary/aromatic N) is 5. The SMILES string of the molecule is O=C(O)CN(CC(=O)O)Cc1ccc(Cn2c3ccccc3c3cc(-c4nn[nH]n4)ccc32)cc1. The van der Waals surface area contributed by atoms with E-state index in [4.69, 9.17) is 10.2 Å². The Balaban J connectivity index is 1.44. The van der Waals surface area contributed by atoms with Crippen molar-refractivity contribution in [3.63, 3.8) is 0 Å². The van der Waals surface area contributed by atoms with E-state index in [0.29, 0.717) is 12.4 Å². The number of hydrogen-bond donors (Lipinski definition) is 3. The number of carboxylic acid groups (broad SMARTS) is 2. The van der Waals surface area contributed by atoms with Crippen LogP contribution in [0.15, 0.2) is 66.7 Å². The number of carbonyl (C=O) groups is 2. The van der Waals surface area contributed by atoms with Crippen molar-refractivity contribution in [2.45, 2.75) is 13.1 Å². The zero-order valence-electron chi connectivity index (χ0n) is 18.6. The van der Waals surface area contributed by atoms with E-state index in [0.717, 1.165) is 38.5 Å². The van der Waals surface area contributed by atoms with Crippen LogP contribution in [-0.4, -0.2) is 65.3 Å². The minimum Gasteiger partial charge on any atom is -0.480 e. The molecule has 0 unspecified atom stereocenters. The van der Waals surface area contributed by atoms with Crippen LogP contribution in [0.5, 0.6) is 0 Å². The summed E-state index contributed by atoms with van der Waals surface area (Å²) in [5.41, 5.74) is 4.98.